The second kappa shape index (κ2) is 10.2. The number of H-pyrrole nitrogens is 1. The number of carboxylic acids is 1. The molecular formula is C27H26N2O5. The van der Waals surface area contributed by atoms with Crippen LogP contribution in [0.15, 0.2) is 72.9 Å². The van der Waals surface area contributed by atoms with Crippen molar-refractivity contribution >= 4 is 22.8 Å². The number of benzene rings is 3. The van der Waals surface area contributed by atoms with E-state index in [-0.39, 0.29) is 18.1 Å². The molecule has 0 aliphatic rings. The molecule has 1 heterocycles. The zero-order chi connectivity index (χ0) is 24.1. The van der Waals surface area contributed by atoms with Gasteiger partial charge in [0.2, 0.25) is 0 Å². The average molecular weight is 459 g/mol. The van der Waals surface area contributed by atoms with Crippen LogP contribution in [0.3, 0.4) is 0 Å². The Morgan fingerprint density at radius 3 is 2.59 bits per heavy atom. The molecule has 1 amide bonds. The van der Waals surface area contributed by atoms with E-state index < -0.39 is 12.0 Å². The molecule has 7 heteroatoms. The summed E-state index contributed by atoms with van der Waals surface area (Å²) >= 11 is 0. The molecule has 0 aliphatic carbocycles. The highest BCUT2D eigenvalue weighted by Gasteiger charge is 2.20. The van der Waals surface area contributed by atoms with Gasteiger partial charge in [-0.2, -0.15) is 0 Å². The van der Waals surface area contributed by atoms with Gasteiger partial charge in [-0.3, -0.25) is 4.79 Å². The number of carbonyl (C=O) groups excluding carboxylic acids is 1. The lowest BCUT2D eigenvalue weighted by Gasteiger charge is -2.18. The summed E-state index contributed by atoms with van der Waals surface area (Å²) in [6, 6.07) is 19.1. The molecule has 3 aromatic carbocycles. The van der Waals surface area contributed by atoms with Crippen LogP contribution in [0.25, 0.3) is 22.0 Å². The molecular weight excluding hydrogens is 432 g/mol. The van der Waals surface area contributed by atoms with Crippen molar-refractivity contribution in [3.63, 3.8) is 0 Å². The number of aromatic carboxylic acids is 1. The van der Waals surface area contributed by atoms with E-state index in [1.165, 1.54) is 6.07 Å². The first-order valence-electron chi connectivity index (χ1n) is 11.1. The maximum atomic E-state index is 13.3. The first kappa shape index (κ1) is 23.1. The number of ether oxygens (including phenoxy) is 1. The summed E-state index contributed by atoms with van der Waals surface area (Å²) in [6.07, 6.45) is 2.34. The summed E-state index contributed by atoms with van der Waals surface area (Å²) in [4.78, 5) is 27.8. The lowest BCUT2D eigenvalue weighted by Crippen LogP contribution is -2.39. The molecule has 1 atom stereocenters. The second-order valence-electron chi connectivity index (χ2n) is 7.95. The number of aromatic amines is 1. The number of aliphatic hydroxyl groups excluding tert-OH is 1. The maximum Gasteiger partial charge on any atom is 0.335 e. The molecule has 0 bridgehead atoms. The zero-order valence-corrected chi connectivity index (χ0v) is 18.7. The van der Waals surface area contributed by atoms with Crippen LogP contribution in [0.5, 0.6) is 5.75 Å². The van der Waals surface area contributed by atoms with Crippen molar-refractivity contribution in [1.29, 1.82) is 0 Å². The molecule has 34 heavy (non-hydrogen) atoms. The Morgan fingerprint density at radius 1 is 1.03 bits per heavy atom. The van der Waals surface area contributed by atoms with E-state index >= 15 is 0 Å². The number of nitrogens with one attached hydrogen (secondary N) is 2. The van der Waals surface area contributed by atoms with Crippen LogP contribution in [0.4, 0.5) is 0 Å². The Hall–Kier alpha value is -4.10. The Kier molecular flexibility index (Phi) is 6.94. The topological polar surface area (TPSA) is 112 Å². The Morgan fingerprint density at radius 2 is 1.82 bits per heavy atom. The zero-order valence-electron chi connectivity index (χ0n) is 18.7. The van der Waals surface area contributed by atoms with Gasteiger partial charge in [-0.25, -0.2) is 4.79 Å². The third kappa shape index (κ3) is 4.94. The predicted molar refractivity (Wildman–Crippen MR) is 130 cm³/mol. The fraction of sp³-hybridized carbons (Fsp3) is 0.185. The van der Waals surface area contributed by atoms with E-state index in [0.717, 1.165) is 16.5 Å². The van der Waals surface area contributed by atoms with Crippen LogP contribution in [0, 0.1) is 0 Å². The van der Waals surface area contributed by atoms with Crippen molar-refractivity contribution in [3.8, 4) is 16.9 Å². The summed E-state index contributed by atoms with van der Waals surface area (Å²) in [5.41, 5.74) is 3.84. The van der Waals surface area contributed by atoms with E-state index in [2.05, 4.69) is 10.3 Å². The van der Waals surface area contributed by atoms with Crippen molar-refractivity contribution in [2.75, 3.05) is 13.2 Å². The van der Waals surface area contributed by atoms with Gasteiger partial charge in [0.1, 0.15) is 5.75 Å². The van der Waals surface area contributed by atoms with E-state index in [4.69, 9.17) is 4.74 Å². The van der Waals surface area contributed by atoms with Gasteiger partial charge < -0.3 is 25.3 Å². The fourth-order valence-electron chi connectivity index (χ4n) is 3.99. The Labute approximate surface area is 197 Å². The smallest absolute Gasteiger partial charge is 0.335 e. The number of amides is 1. The molecule has 0 spiro atoms. The summed E-state index contributed by atoms with van der Waals surface area (Å²) < 4.78 is 5.67. The molecule has 4 rings (SSSR count). The number of rotatable bonds is 9. The molecule has 0 fully saturated rings. The standard InChI is InChI=1S/C27H26N2O5/c1-2-34-25-11-10-18(17-6-5-7-19(12-17)27(32)33)14-23(25)26(31)29-21(16-30)13-20-15-28-24-9-4-3-8-22(20)24/h3-12,14-15,21,28,30H,2,13,16H2,1H3,(H,29,31)(H,32,33)/t21-/m1/s1. The average Bonchev–Trinajstić information content (AvgIpc) is 3.26. The van der Waals surface area contributed by atoms with Crippen molar-refractivity contribution in [3.05, 3.63) is 89.6 Å². The van der Waals surface area contributed by atoms with Crippen LogP contribution in [-0.2, 0) is 6.42 Å². The molecule has 1 aromatic heterocycles. The number of carbonyl (C=O) groups is 2. The molecule has 174 valence electrons. The SMILES string of the molecule is CCOc1ccc(-c2cccc(C(=O)O)c2)cc1C(=O)N[C@@H](CO)Cc1c[nH]c2ccccc12. The summed E-state index contributed by atoms with van der Waals surface area (Å²) in [5, 5.41) is 23.2. The second-order valence-corrected chi connectivity index (χ2v) is 7.95. The predicted octanol–water partition coefficient (Wildman–Crippen LogP) is 4.27. The number of hydrogen-bond acceptors (Lipinski definition) is 4. The van der Waals surface area contributed by atoms with Crippen molar-refractivity contribution in [2.45, 2.75) is 19.4 Å². The minimum atomic E-state index is -1.02. The van der Waals surface area contributed by atoms with E-state index in [0.29, 0.717) is 35.5 Å². The molecule has 0 aliphatic heterocycles. The summed E-state index contributed by atoms with van der Waals surface area (Å²) in [5.74, 6) is -0.977. The maximum absolute atomic E-state index is 13.3. The number of aliphatic hydroxyl groups is 1. The normalized spacial score (nSPS) is 11.8. The fourth-order valence-corrected chi connectivity index (χ4v) is 3.99. The first-order valence-corrected chi connectivity index (χ1v) is 11.1. The minimum Gasteiger partial charge on any atom is -0.493 e. The van der Waals surface area contributed by atoms with Crippen LogP contribution < -0.4 is 10.1 Å². The Balaban J connectivity index is 1.60. The highest BCUT2D eigenvalue weighted by molar-refractivity contribution is 5.99. The molecule has 4 N–H and O–H groups in total. The van der Waals surface area contributed by atoms with Crippen LogP contribution >= 0.6 is 0 Å². The number of fused-ring (bicyclic) bond motifs is 1. The van der Waals surface area contributed by atoms with Crippen molar-refractivity contribution in [2.24, 2.45) is 0 Å². The molecule has 4 aromatic rings. The molecule has 0 radical (unpaired) electrons. The van der Waals surface area contributed by atoms with Gasteiger partial charge in [0.15, 0.2) is 0 Å². The van der Waals surface area contributed by atoms with Gasteiger partial charge >= 0.3 is 5.97 Å². The molecule has 0 unspecified atom stereocenters. The van der Waals surface area contributed by atoms with Gasteiger partial charge in [-0.1, -0.05) is 36.4 Å². The third-order valence-electron chi connectivity index (χ3n) is 5.66. The first-order chi connectivity index (χ1) is 16.5. The number of carboxylic acid groups (broad SMARTS) is 1. The van der Waals surface area contributed by atoms with Crippen molar-refractivity contribution < 1.29 is 24.5 Å². The quantitative estimate of drug-likeness (QED) is 0.299. The minimum absolute atomic E-state index is 0.163. The summed E-state index contributed by atoms with van der Waals surface area (Å²) in [6.45, 7) is 1.99. The van der Waals surface area contributed by atoms with E-state index in [1.807, 2.05) is 37.4 Å². The molecule has 0 saturated carbocycles. The monoisotopic (exact) mass is 458 g/mol. The van der Waals surface area contributed by atoms with Crippen LogP contribution in [0.1, 0.15) is 33.2 Å². The number of hydrogen-bond donors (Lipinski definition) is 4. The van der Waals surface area contributed by atoms with E-state index in [9.17, 15) is 19.8 Å². The highest BCUT2D eigenvalue weighted by atomic mass is 16.5. The lowest BCUT2D eigenvalue weighted by molar-refractivity contribution is 0.0696. The largest absolute Gasteiger partial charge is 0.493 e. The van der Waals surface area contributed by atoms with Gasteiger partial charge in [0.25, 0.3) is 5.91 Å². The number of para-hydroxylation sites is 1. The Bertz CT molecular complexity index is 1330. The van der Waals surface area contributed by atoms with Gasteiger partial charge in [0.05, 0.1) is 30.4 Å². The van der Waals surface area contributed by atoms with Crippen LogP contribution in [-0.4, -0.2) is 46.3 Å². The molecule has 0 saturated heterocycles. The van der Waals surface area contributed by atoms with Gasteiger partial charge in [0, 0.05) is 17.1 Å². The molecule has 7 nitrogen and oxygen atoms in total. The summed E-state index contributed by atoms with van der Waals surface area (Å²) in [7, 11) is 0. The number of aromatic nitrogens is 1. The van der Waals surface area contributed by atoms with E-state index in [1.54, 1.807) is 36.4 Å². The third-order valence-corrected chi connectivity index (χ3v) is 5.66. The van der Waals surface area contributed by atoms with Gasteiger partial charge in [-0.05, 0) is 60.4 Å². The lowest BCUT2D eigenvalue weighted by atomic mass is 9.99. The van der Waals surface area contributed by atoms with Crippen molar-refractivity contribution in [1.82, 2.24) is 10.3 Å². The van der Waals surface area contributed by atoms with Gasteiger partial charge in [-0.15, -0.1) is 0 Å². The van der Waals surface area contributed by atoms with Crippen LogP contribution in [0.2, 0.25) is 0 Å². The highest BCUT2D eigenvalue weighted by Crippen LogP contribution is 2.28.